The Balaban J connectivity index is 1.52. The highest BCUT2D eigenvalue weighted by molar-refractivity contribution is 7.51. The number of carbonyl (C=O) groups excluding carboxylic acids is 1. The van der Waals surface area contributed by atoms with Crippen LogP contribution in [0.2, 0.25) is 0 Å². The molecule has 1 aromatic carbocycles. The zero-order valence-electron chi connectivity index (χ0n) is 18.4. The number of ether oxygens (including phenoxy) is 2. The Bertz CT molecular complexity index is 1160. The first kappa shape index (κ1) is 24.8. The number of nitrogens with one attached hydrogen (secondary N) is 2. The molecule has 2 heterocycles. The number of aromatic nitrogens is 2. The molecule has 1 aromatic heterocycles. The van der Waals surface area contributed by atoms with E-state index in [1.807, 2.05) is 30.3 Å². The molecule has 33 heavy (non-hydrogen) atoms. The van der Waals surface area contributed by atoms with E-state index in [1.165, 1.54) is 24.8 Å². The van der Waals surface area contributed by atoms with Gasteiger partial charge in [0.1, 0.15) is 18.8 Å². The first-order valence-electron chi connectivity index (χ1n) is 10.2. The lowest BCUT2D eigenvalue weighted by atomic mass is 10.2. The standard InChI is InChI=1S/C21H26N3O8P/c1-14-11-24(21(27)22-19(14)25)18-10-9-17(32-18)13-31-33(28,29-3)23-15(2)20(26)30-12-16-7-5-4-6-8-16/h4-11,15,17-18H,12-13H2,1-3H3,(H,23,28)(H,22,25,27)/t15-,17-,18+,33?/m0/s1. The number of esters is 1. The number of aryl methyl sites for hydroxylation is 1. The number of carbonyl (C=O) groups is 1. The summed E-state index contributed by atoms with van der Waals surface area (Å²) in [5.74, 6) is -0.621. The molecule has 3 rings (SSSR count). The molecule has 2 aromatic rings. The molecule has 1 unspecified atom stereocenters. The Hall–Kier alpha value is -2.82. The number of H-pyrrole nitrogens is 1. The number of benzene rings is 1. The highest BCUT2D eigenvalue weighted by atomic mass is 31.2. The van der Waals surface area contributed by atoms with Gasteiger partial charge in [-0.1, -0.05) is 36.4 Å². The summed E-state index contributed by atoms with van der Waals surface area (Å²) < 4.78 is 35.4. The summed E-state index contributed by atoms with van der Waals surface area (Å²) >= 11 is 0. The zero-order chi connectivity index (χ0) is 24.0. The van der Waals surface area contributed by atoms with E-state index < -0.39 is 43.3 Å². The van der Waals surface area contributed by atoms with Crippen molar-refractivity contribution in [1.82, 2.24) is 14.6 Å². The third kappa shape index (κ3) is 6.59. The summed E-state index contributed by atoms with van der Waals surface area (Å²) in [6.07, 6.45) is 3.24. The normalized spacial score (nSPS) is 20.3. The second kappa shape index (κ2) is 10.9. The fourth-order valence-electron chi connectivity index (χ4n) is 2.97. The van der Waals surface area contributed by atoms with E-state index in [9.17, 15) is 18.9 Å². The molecule has 0 aliphatic carbocycles. The van der Waals surface area contributed by atoms with Gasteiger partial charge in [0.25, 0.3) is 5.56 Å². The average Bonchev–Trinajstić information content (AvgIpc) is 3.28. The van der Waals surface area contributed by atoms with Gasteiger partial charge in [-0.05, 0) is 25.5 Å². The largest absolute Gasteiger partial charge is 0.460 e. The van der Waals surface area contributed by atoms with Crippen molar-refractivity contribution in [3.05, 3.63) is 80.6 Å². The first-order chi connectivity index (χ1) is 15.7. The Morgan fingerprint density at radius 3 is 2.70 bits per heavy atom. The van der Waals surface area contributed by atoms with E-state index in [4.69, 9.17) is 18.5 Å². The van der Waals surface area contributed by atoms with Crippen LogP contribution in [0.1, 0.15) is 24.3 Å². The molecular formula is C21H26N3O8P. The molecule has 0 radical (unpaired) electrons. The van der Waals surface area contributed by atoms with Crippen LogP contribution >= 0.6 is 7.75 Å². The molecule has 0 saturated carbocycles. The number of hydrogen-bond acceptors (Lipinski definition) is 8. The van der Waals surface area contributed by atoms with E-state index in [0.717, 1.165) is 5.56 Å². The topological polar surface area (TPSA) is 138 Å². The predicted molar refractivity (Wildman–Crippen MR) is 119 cm³/mol. The van der Waals surface area contributed by atoms with Crippen LogP contribution in [0.25, 0.3) is 0 Å². The van der Waals surface area contributed by atoms with Gasteiger partial charge in [-0.15, -0.1) is 0 Å². The molecule has 0 spiro atoms. The van der Waals surface area contributed by atoms with E-state index in [2.05, 4.69) is 10.1 Å². The monoisotopic (exact) mass is 479 g/mol. The van der Waals surface area contributed by atoms with Crippen molar-refractivity contribution in [2.75, 3.05) is 13.7 Å². The minimum Gasteiger partial charge on any atom is -0.460 e. The van der Waals surface area contributed by atoms with Crippen molar-refractivity contribution in [3.8, 4) is 0 Å². The maximum Gasteiger partial charge on any atom is 0.406 e. The van der Waals surface area contributed by atoms with Crippen molar-refractivity contribution < 1.29 is 27.9 Å². The molecule has 11 nitrogen and oxygen atoms in total. The van der Waals surface area contributed by atoms with E-state index in [1.54, 1.807) is 19.1 Å². The molecule has 2 N–H and O–H groups in total. The quantitative estimate of drug-likeness (QED) is 0.297. The van der Waals surface area contributed by atoms with Gasteiger partial charge in [0, 0.05) is 18.9 Å². The van der Waals surface area contributed by atoms with Crippen LogP contribution in [0, 0.1) is 6.92 Å². The van der Waals surface area contributed by atoms with Crippen LogP contribution in [0.4, 0.5) is 0 Å². The van der Waals surface area contributed by atoms with Crippen LogP contribution in [0.15, 0.2) is 58.3 Å². The highest BCUT2D eigenvalue weighted by Gasteiger charge is 2.32. The number of rotatable bonds is 10. The van der Waals surface area contributed by atoms with Crippen molar-refractivity contribution in [3.63, 3.8) is 0 Å². The summed E-state index contributed by atoms with van der Waals surface area (Å²) in [6, 6.07) is 8.19. The number of hydrogen-bond donors (Lipinski definition) is 2. The van der Waals surface area contributed by atoms with Crippen LogP contribution in [-0.2, 0) is 34.5 Å². The molecule has 12 heteroatoms. The van der Waals surface area contributed by atoms with Gasteiger partial charge in [0.15, 0.2) is 6.23 Å². The zero-order valence-corrected chi connectivity index (χ0v) is 19.3. The second-order valence-corrected chi connectivity index (χ2v) is 9.23. The molecule has 0 fully saturated rings. The minimum absolute atomic E-state index is 0.0789. The number of aromatic amines is 1. The van der Waals surface area contributed by atoms with Crippen LogP contribution in [0.5, 0.6) is 0 Å². The van der Waals surface area contributed by atoms with Gasteiger partial charge in [0.2, 0.25) is 0 Å². The lowest BCUT2D eigenvalue weighted by Crippen LogP contribution is -2.35. The van der Waals surface area contributed by atoms with Crippen molar-refractivity contribution in [2.45, 2.75) is 38.8 Å². The van der Waals surface area contributed by atoms with Gasteiger partial charge in [-0.25, -0.2) is 14.4 Å². The highest BCUT2D eigenvalue weighted by Crippen LogP contribution is 2.44. The van der Waals surface area contributed by atoms with E-state index in [-0.39, 0.29) is 13.2 Å². The van der Waals surface area contributed by atoms with E-state index in [0.29, 0.717) is 5.56 Å². The molecule has 0 amide bonds. The van der Waals surface area contributed by atoms with Gasteiger partial charge in [-0.3, -0.25) is 23.7 Å². The Morgan fingerprint density at radius 1 is 1.27 bits per heavy atom. The van der Waals surface area contributed by atoms with Crippen molar-refractivity contribution in [1.29, 1.82) is 0 Å². The Kier molecular flexibility index (Phi) is 8.17. The van der Waals surface area contributed by atoms with Crippen LogP contribution < -0.4 is 16.3 Å². The Labute approximate surface area is 189 Å². The second-order valence-electron chi connectivity index (χ2n) is 7.35. The molecule has 178 valence electrons. The maximum absolute atomic E-state index is 12.9. The Morgan fingerprint density at radius 2 is 2.00 bits per heavy atom. The summed E-state index contributed by atoms with van der Waals surface area (Å²) in [5.41, 5.74) is 0.0868. The van der Waals surface area contributed by atoms with Crippen molar-refractivity contribution in [2.24, 2.45) is 0 Å². The van der Waals surface area contributed by atoms with Crippen molar-refractivity contribution >= 4 is 13.7 Å². The summed E-state index contributed by atoms with van der Waals surface area (Å²) in [4.78, 5) is 38.0. The lowest BCUT2D eigenvalue weighted by molar-refractivity contribution is -0.146. The lowest BCUT2D eigenvalue weighted by Gasteiger charge is -2.22. The third-order valence-corrected chi connectivity index (χ3v) is 6.48. The first-order valence-corrected chi connectivity index (χ1v) is 11.7. The third-order valence-electron chi connectivity index (χ3n) is 4.80. The van der Waals surface area contributed by atoms with Gasteiger partial charge in [-0.2, -0.15) is 0 Å². The molecule has 1 aliphatic heterocycles. The maximum atomic E-state index is 12.9. The summed E-state index contributed by atoms with van der Waals surface area (Å²) in [6.45, 7) is 2.96. The van der Waals surface area contributed by atoms with Gasteiger partial charge in [0.05, 0.1) is 6.61 Å². The number of nitrogens with zero attached hydrogens (tertiary/aromatic N) is 1. The van der Waals surface area contributed by atoms with Gasteiger partial charge >= 0.3 is 19.4 Å². The molecule has 0 bridgehead atoms. The van der Waals surface area contributed by atoms with Crippen LogP contribution in [-0.4, -0.2) is 41.4 Å². The summed E-state index contributed by atoms with van der Waals surface area (Å²) in [5, 5.41) is 2.53. The fraction of sp³-hybridized carbons (Fsp3) is 0.381. The summed E-state index contributed by atoms with van der Waals surface area (Å²) in [7, 11) is -2.67. The van der Waals surface area contributed by atoms with Gasteiger partial charge < -0.3 is 14.0 Å². The molecule has 1 aliphatic rings. The average molecular weight is 479 g/mol. The minimum atomic E-state index is -3.85. The molecular weight excluding hydrogens is 453 g/mol. The SMILES string of the molecule is COP(=O)(N[C@@H](C)C(=O)OCc1ccccc1)OC[C@@H]1C=C[C@H](n2cc(C)c(=O)[nH]c2=O)O1. The van der Waals surface area contributed by atoms with E-state index >= 15 is 0 Å². The predicted octanol–water partition coefficient (Wildman–Crippen LogP) is 1.79. The molecule has 4 atom stereocenters. The molecule has 0 saturated heterocycles. The smallest absolute Gasteiger partial charge is 0.406 e. The van der Waals surface area contributed by atoms with Crippen LogP contribution in [0.3, 0.4) is 0 Å². The fourth-order valence-corrected chi connectivity index (χ4v) is 4.18.